The third kappa shape index (κ3) is 5.61. The fourth-order valence-electron chi connectivity index (χ4n) is 3.22. The van der Waals surface area contributed by atoms with Crippen LogP contribution in [0.15, 0.2) is 29.2 Å². The van der Waals surface area contributed by atoms with Crippen LogP contribution < -0.4 is 4.74 Å². The summed E-state index contributed by atoms with van der Waals surface area (Å²) in [5.74, 6) is 1.24. The van der Waals surface area contributed by atoms with Crippen LogP contribution in [0.25, 0.3) is 5.57 Å². The summed E-state index contributed by atoms with van der Waals surface area (Å²) in [5, 5.41) is 0. The summed E-state index contributed by atoms with van der Waals surface area (Å²) < 4.78 is 5.48. The molecule has 4 nitrogen and oxygen atoms in total. The van der Waals surface area contributed by atoms with E-state index < -0.39 is 0 Å². The van der Waals surface area contributed by atoms with Gasteiger partial charge in [0.1, 0.15) is 5.75 Å². The molecule has 0 radical (unpaired) electrons. The molecular formula is C22H31NO3S. The normalized spacial score (nSPS) is 14.4. The first-order valence-electron chi connectivity index (χ1n) is 10.1. The van der Waals surface area contributed by atoms with Gasteiger partial charge < -0.3 is 4.74 Å². The van der Waals surface area contributed by atoms with Gasteiger partial charge in [0.15, 0.2) is 0 Å². The summed E-state index contributed by atoms with van der Waals surface area (Å²) >= 11 is 1.46. The second-order valence-electron chi connectivity index (χ2n) is 6.62. The highest BCUT2D eigenvalue weighted by Gasteiger charge is 2.38. The third-order valence-corrected chi connectivity index (χ3v) is 5.56. The lowest BCUT2D eigenvalue weighted by Crippen LogP contribution is -2.32. The van der Waals surface area contributed by atoms with E-state index in [4.69, 9.17) is 4.74 Å². The molecule has 1 aromatic carbocycles. The van der Waals surface area contributed by atoms with Gasteiger partial charge in [0, 0.05) is 6.54 Å². The first kappa shape index (κ1) is 21.5. The molecule has 2 rings (SSSR count). The van der Waals surface area contributed by atoms with Crippen molar-refractivity contribution in [1.82, 2.24) is 4.90 Å². The number of rotatable bonds is 12. The van der Waals surface area contributed by atoms with Crippen molar-refractivity contribution in [2.24, 2.45) is 0 Å². The van der Waals surface area contributed by atoms with Crippen molar-refractivity contribution in [3.05, 3.63) is 34.7 Å². The van der Waals surface area contributed by atoms with Gasteiger partial charge in [0.25, 0.3) is 11.8 Å². The van der Waals surface area contributed by atoms with Crippen LogP contribution in [0.2, 0.25) is 0 Å². The van der Waals surface area contributed by atoms with Crippen LogP contribution in [0.4, 0.5) is 0 Å². The molecule has 1 heterocycles. The molecule has 0 fully saturated rings. The van der Waals surface area contributed by atoms with Crippen molar-refractivity contribution in [1.29, 1.82) is 0 Å². The van der Waals surface area contributed by atoms with Gasteiger partial charge in [0.2, 0.25) is 0 Å². The van der Waals surface area contributed by atoms with Gasteiger partial charge in [-0.2, -0.15) is 0 Å². The Morgan fingerprint density at radius 3 is 2.19 bits per heavy atom. The van der Waals surface area contributed by atoms with E-state index in [-0.39, 0.29) is 11.8 Å². The van der Waals surface area contributed by atoms with E-state index in [1.807, 2.05) is 38.1 Å². The monoisotopic (exact) mass is 389 g/mol. The van der Waals surface area contributed by atoms with E-state index in [9.17, 15) is 9.59 Å². The first-order chi connectivity index (χ1) is 13.1. The standard InChI is InChI=1S/C22H31NO3S/c1-4-7-8-9-10-11-16-23-21(24)19(20(22(23)25)27-6-3)17-12-14-18(15-13-17)26-5-2/h12-15H,4-11,16H2,1-3H3. The van der Waals surface area contributed by atoms with E-state index in [1.54, 1.807) is 0 Å². The third-order valence-electron chi connectivity index (χ3n) is 4.60. The van der Waals surface area contributed by atoms with Crippen LogP contribution in [-0.2, 0) is 9.59 Å². The number of ether oxygens (including phenoxy) is 1. The molecule has 0 aliphatic carbocycles. The van der Waals surface area contributed by atoms with Crippen molar-refractivity contribution < 1.29 is 14.3 Å². The van der Waals surface area contributed by atoms with Crippen LogP contribution >= 0.6 is 11.8 Å². The molecule has 27 heavy (non-hydrogen) atoms. The number of nitrogens with zero attached hydrogens (tertiary/aromatic N) is 1. The number of benzene rings is 1. The van der Waals surface area contributed by atoms with Crippen molar-refractivity contribution >= 4 is 29.1 Å². The maximum absolute atomic E-state index is 13.0. The average molecular weight is 390 g/mol. The minimum absolute atomic E-state index is 0.135. The zero-order chi connectivity index (χ0) is 19.6. The minimum Gasteiger partial charge on any atom is -0.494 e. The molecule has 0 unspecified atom stereocenters. The zero-order valence-electron chi connectivity index (χ0n) is 16.8. The predicted molar refractivity (Wildman–Crippen MR) is 113 cm³/mol. The quantitative estimate of drug-likeness (QED) is 0.360. The van der Waals surface area contributed by atoms with E-state index in [0.29, 0.717) is 23.6 Å². The Morgan fingerprint density at radius 1 is 0.889 bits per heavy atom. The lowest BCUT2D eigenvalue weighted by molar-refractivity contribution is -0.136. The molecule has 1 aliphatic rings. The SMILES string of the molecule is CCCCCCCCN1C(=O)C(SCC)=C(c2ccc(OCC)cc2)C1=O. The Kier molecular flexibility index (Phi) is 8.92. The van der Waals surface area contributed by atoms with Crippen molar-refractivity contribution in [3.8, 4) is 5.75 Å². The molecule has 0 spiro atoms. The fourth-order valence-corrected chi connectivity index (χ4v) is 4.10. The van der Waals surface area contributed by atoms with Gasteiger partial charge >= 0.3 is 0 Å². The Hall–Kier alpha value is -1.75. The number of carbonyl (C=O) groups is 2. The molecule has 0 bridgehead atoms. The van der Waals surface area contributed by atoms with Gasteiger partial charge in [-0.15, -0.1) is 11.8 Å². The Balaban J connectivity index is 2.09. The lowest BCUT2D eigenvalue weighted by atomic mass is 10.1. The molecule has 2 amide bonds. The summed E-state index contributed by atoms with van der Waals surface area (Å²) in [6.45, 7) is 7.25. The fraction of sp³-hybridized carbons (Fsp3) is 0.545. The van der Waals surface area contributed by atoms with Gasteiger partial charge in [-0.25, -0.2) is 0 Å². The Labute approximate surface area is 167 Å². The van der Waals surface area contributed by atoms with E-state index >= 15 is 0 Å². The van der Waals surface area contributed by atoms with Gasteiger partial charge in [-0.05, 0) is 36.8 Å². The molecule has 0 N–H and O–H groups in total. The van der Waals surface area contributed by atoms with Gasteiger partial charge in [0.05, 0.1) is 17.1 Å². The molecule has 0 saturated carbocycles. The molecule has 1 aromatic rings. The topological polar surface area (TPSA) is 46.6 Å². The summed E-state index contributed by atoms with van der Waals surface area (Å²) in [5.41, 5.74) is 1.33. The van der Waals surface area contributed by atoms with Crippen molar-refractivity contribution in [3.63, 3.8) is 0 Å². The maximum atomic E-state index is 13.0. The largest absolute Gasteiger partial charge is 0.494 e. The number of hydrogen-bond donors (Lipinski definition) is 0. The number of amides is 2. The molecule has 0 aromatic heterocycles. The number of thioether (sulfide) groups is 1. The zero-order valence-corrected chi connectivity index (χ0v) is 17.6. The number of imide groups is 1. The Morgan fingerprint density at radius 2 is 1.56 bits per heavy atom. The van der Waals surface area contributed by atoms with Crippen molar-refractivity contribution in [2.75, 3.05) is 18.9 Å². The van der Waals surface area contributed by atoms with Gasteiger partial charge in [-0.3, -0.25) is 14.5 Å². The molecule has 148 valence electrons. The van der Waals surface area contributed by atoms with Crippen LogP contribution in [-0.4, -0.2) is 35.6 Å². The van der Waals surface area contributed by atoms with E-state index in [1.165, 1.54) is 42.3 Å². The minimum atomic E-state index is -0.159. The molecule has 0 atom stereocenters. The summed E-state index contributed by atoms with van der Waals surface area (Å²) in [6.07, 6.45) is 6.80. The first-order valence-corrected chi connectivity index (χ1v) is 11.1. The second kappa shape index (κ2) is 11.2. The summed E-state index contributed by atoms with van der Waals surface area (Å²) in [7, 11) is 0. The van der Waals surface area contributed by atoms with Crippen LogP contribution in [0.1, 0.15) is 64.9 Å². The average Bonchev–Trinajstić information content (AvgIpc) is 2.90. The highest BCUT2D eigenvalue weighted by atomic mass is 32.2. The molecule has 5 heteroatoms. The van der Waals surface area contributed by atoms with Crippen LogP contribution in [0.3, 0.4) is 0 Å². The molecule has 1 aliphatic heterocycles. The number of carbonyl (C=O) groups excluding carboxylic acids is 2. The van der Waals surface area contributed by atoms with Crippen molar-refractivity contribution in [2.45, 2.75) is 59.3 Å². The predicted octanol–water partition coefficient (Wildman–Crippen LogP) is 5.28. The van der Waals surface area contributed by atoms with E-state index in [2.05, 4.69) is 6.92 Å². The maximum Gasteiger partial charge on any atom is 0.267 e. The second-order valence-corrected chi connectivity index (χ2v) is 7.90. The summed E-state index contributed by atoms with van der Waals surface area (Å²) in [6, 6.07) is 7.45. The highest BCUT2D eigenvalue weighted by Crippen LogP contribution is 2.36. The smallest absolute Gasteiger partial charge is 0.267 e. The highest BCUT2D eigenvalue weighted by molar-refractivity contribution is 8.04. The van der Waals surface area contributed by atoms with Crippen LogP contribution in [0.5, 0.6) is 5.75 Å². The number of unbranched alkanes of at least 4 members (excludes halogenated alkanes) is 5. The summed E-state index contributed by atoms with van der Waals surface area (Å²) in [4.78, 5) is 27.8. The lowest BCUT2D eigenvalue weighted by Gasteiger charge is -2.15. The van der Waals surface area contributed by atoms with Crippen LogP contribution in [0, 0.1) is 0 Å². The number of hydrogen-bond acceptors (Lipinski definition) is 4. The molecular weight excluding hydrogens is 358 g/mol. The van der Waals surface area contributed by atoms with E-state index in [0.717, 1.165) is 29.9 Å². The Bertz CT molecular complexity index is 667. The molecule has 0 saturated heterocycles. The van der Waals surface area contributed by atoms with Gasteiger partial charge in [-0.1, -0.05) is 58.1 Å².